The van der Waals surface area contributed by atoms with Crippen LogP contribution in [0.1, 0.15) is 0 Å². The minimum Gasteiger partial charge on any atom is -0.459 e. The van der Waals surface area contributed by atoms with Crippen LogP contribution in [0, 0.1) is 0 Å². The Morgan fingerprint density at radius 3 is 2.44 bits per heavy atom. The predicted octanol–water partition coefficient (Wildman–Crippen LogP) is -2.17. The van der Waals surface area contributed by atoms with E-state index in [9.17, 15) is 4.79 Å². The number of esters is 1. The summed E-state index contributed by atoms with van der Waals surface area (Å²) in [6.07, 6.45) is -1.67. The van der Waals surface area contributed by atoms with Gasteiger partial charge in [0.25, 0.3) is 0 Å². The highest BCUT2D eigenvalue weighted by molar-refractivity contribution is 5.70. The first kappa shape index (κ1) is 8.35. The Labute approximate surface area is 51.5 Å². The number of aliphatic hydroxyl groups is 3. The number of carbonyl (C=O) groups is 1. The predicted molar refractivity (Wildman–Crippen MR) is 26.3 cm³/mol. The van der Waals surface area contributed by atoms with E-state index in [1.54, 1.807) is 0 Å². The summed E-state index contributed by atoms with van der Waals surface area (Å²) in [6.45, 7) is -1.24. The summed E-state index contributed by atoms with van der Waals surface area (Å²) in [5.41, 5.74) is 0. The summed E-state index contributed by atoms with van der Waals surface area (Å²) in [5.74, 6) is -0.872. The molecule has 0 aliphatic heterocycles. The van der Waals surface area contributed by atoms with Gasteiger partial charge in [0.2, 0.25) is 0 Å². The van der Waals surface area contributed by atoms with Crippen molar-refractivity contribution in [2.75, 3.05) is 13.2 Å². The Kier molecular flexibility index (Phi) is 3.94. The monoisotopic (exact) mass is 136 g/mol. The zero-order valence-electron chi connectivity index (χ0n) is 4.65. The van der Waals surface area contributed by atoms with Crippen LogP contribution in [0.15, 0.2) is 0 Å². The molecule has 0 aromatic heterocycles. The van der Waals surface area contributed by atoms with Gasteiger partial charge >= 0.3 is 5.97 Å². The van der Waals surface area contributed by atoms with Gasteiger partial charge in [0, 0.05) is 0 Å². The molecule has 0 amide bonds. The van der Waals surface area contributed by atoms with Crippen molar-refractivity contribution >= 4 is 5.97 Å². The maximum Gasteiger partial charge on any atom is 0.331 e. The molecule has 0 aliphatic rings. The second kappa shape index (κ2) is 4.25. The fraction of sp³-hybridized carbons (Fsp3) is 0.750. The Hall–Kier alpha value is -0.650. The topological polar surface area (TPSA) is 87.0 Å². The van der Waals surface area contributed by atoms with Crippen LogP contribution in [0.4, 0.5) is 0 Å². The summed E-state index contributed by atoms with van der Waals surface area (Å²) in [4.78, 5) is 10.0. The molecule has 0 spiro atoms. The third-order valence-electron chi connectivity index (χ3n) is 0.522. The van der Waals surface area contributed by atoms with E-state index in [0.29, 0.717) is 0 Å². The second-order valence-corrected chi connectivity index (χ2v) is 1.32. The molecule has 54 valence electrons. The normalized spacial score (nSPS) is 9.78. The standard InChI is InChI=1S/C4H8O5/c5-1-4(8)9-2-3(6)7/h3,5-7H,1-2H2. The van der Waals surface area contributed by atoms with Crippen molar-refractivity contribution in [3.63, 3.8) is 0 Å². The van der Waals surface area contributed by atoms with Gasteiger partial charge < -0.3 is 20.1 Å². The molecule has 0 aromatic rings. The van der Waals surface area contributed by atoms with Gasteiger partial charge in [-0.3, -0.25) is 0 Å². The van der Waals surface area contributed by atoms with Crippen LogP contribution >= 0.6 is 0 Å². The number of aliphatic hydroxyl groups excluding tert-OH is 2. The molecular formula is C4H8O5. The van der Waals surface area contributed by atoms with Crippen LogP contribution in [-0.2, 0) is 9.53 Å². The van der Waals surface area contributed by atoms with Crippen molar-refractivity contribution in [1.82, 2.24) is 0 Å². The lowest BCUT2D eigenvalue weighted by Gasteiger charge is -2.02. The van der Waals surface area contributed by atoms with Gasteiger partial charge in [-0.05, 0) is 0 Å². The van der Waals surface area contributed by atoms with Crippen LogP contribution in [0.2, 0.25) is 0 Å². The SMILES string of the molecule is O=C(CO)OCC(O)O. The van der Waals surface area contributed by atoms with Crippen molar-refractivity contribution in [3.8, 4) is 0 Å². The molecular weight excluding hydrogens is 128 g/mol. The molecule has 0 atom stereocenters. The Bertz CT molecular complexity index is 89.0. The van der Waals surface area contributed by atoms with Crippen molar-refractivity contribution in [1.29, 1.82) is 0 Å². The van der Waals surface area contributed by atoms with Gasteiger partial charge in [0.05, 0.1) is 0 Å². The largest absolute Gasteiger partial charge is 0.459 e. The number of ether oxygens (including phenoxy) is 1. The molecule has 5 nitrogen and oxygen atoms in total. The van der Waals surface area contributed by atoms with Crippen LogP contribution in [0.3, 0.4) is 0 Å². The van der Waals surface area contributed by atoms with Crippen LogP contribution in [-0.4, -0.2) is 40.8 Å². The molecule has 0 bridgehead atoms. The summed E-state index contributed by atoms with van der Waals surface area (Å²) in [6, 6.07) is 0. The molecule has 5 heteroatoms. The van der Waals surface area contributed by atoms with Crippen LogP contribution in [0.5, 0.6) is 0 Å². The molecule has 0 saturated heterocycles. The van der Waals surface area contributed by atoms with Gasteiger partial charge in [-0.2, -0.15) is 0 Å². The summed E-state index contributed by atoms with van der Waals surface area (Å²) in [7, 11) is 0. The Balaban J connectivity index is 3.17. The van der Waals surface area contributed by atoms with E-state index in [0.717, 1.165) is 0 Å². The number of rotatable bonds is 3. The van der Waals surface area contributed by atoms with Crippen LogP contribution in [0.25, 0.3) is 0 Å². The van der Waals surface area contributed by atoms with Crippen molar-refractivity contribution in [3.05, 3.63) is 0 Å². The molecule has 0 radical (unpaired) electrons. The zero-order valence-corrected chi connectivity index (χ0v) is 4.65. The van der Waals surface area contributed by atoms with E-state index in [2.05, 4.69) is 4.74 Å². The van der Waals surface area contributed by atoms with E-state index in [4.69, 9.17) is 15.3 Å². The van der Waals surface area contributed by atoms with Gasteiger partial charge in [0.15, 0.2) is 6.29 Å². The molecule has 0 saturated carbocycles. The van der Waals surface area contributed by atoms with E-state index in [1.807, 2.05) is 0 Å². The summed E-state index contributed by atoms with van der Waals surface area (Å²) >= 11 is 0. The molecule has 0 aliphatic carbocycles. The fourth-order valence-corrected chi connectivity index (χ4v) is 0.213. The minimum absolute atomic E-state index is 0.501. The molecule has 0 fully saturated rings. The first-order chi connectivity index (χ1) is 4.16. The van der Waals surface area contributed by atoms with E-state index < -0.39 is 25.5 Å². The van der Waals surface area contributed by atoms with E-state index in [-0.39, 0.29) is 0 Å². The molecule has 0 aromatic carbocycles. The average molecular weight is 136 g/mol. The third-order valence-corrected chi connectivity index (χ3v) is 0.522. The highest BCUT2D eigenvalue weighted by atomic mass is 16.6. The van der Waals surface area contributed by atoms with Gasteiger partial charge in [-0.15, -0.1) is 0 Å². The Morgan fingerprint density at radius 2 is 2.11 bits per heavy atom. The summed E-state index contributed by atoms with van der Waals surface area (Å²) in [5, 5.41) is 24.2. The van der Waals surface area contributed by atoms with Crippen molar-refractivity contribution in [2.24, 2.45) is 0 Å². The fourth-order valence-electron chi connectivity index (χ4n) is 0.213. The Morgan fingerprint density at radius 1 is 1.56 bits per heavy atom. The van der Waals surface area contributed by atoms with Gasteiger partial charge in [-0.1, -0.05) is 0 Å². The first-order valence-corrected chi connectivity index (χ1v) is 2.29. The highest BCUT2D eigenvalue weighted by Crippen LogP contribution is 1.79. The molecule has 3 N–H and O–H groups in total. The molecule has 0 rings (SSSR count). The third kappa shape index (κ3) is 5.22. The van der Waals surface area contributed by atoms with Crippen LogP contribution < -0.4 is 0 Å². The molecule has 0 heterocycles. The zero-order chi connectivity index (χ0) is 7.28. The number of carbonyl (C=O) groups excluding carboxylic acids is 1. The smallest absolute Gasteiger partial charge is 0.331 e. The second-order valence-electron chi connectivity index (χ2n) is 1.32. The maximum atomic E-state index is 10.0. The number of hydrogen-bond donors (Lipinski definition) is 3. The van der Waals surface area contributed by atoms with Crippen molar-refractivity contribution < 1.29 is 24.9 Å². The first-order valence-electron chi connectivity index (χ1n) is 2.29. The lowest BCUT2D eigenvalue weighted by Crippen LogP contribution is -2.19. The van der Waals surface area contributed by atoms with E-state index >= 15 is 0 Å². The van der Waals surface area contributed by atoms with E-state index in [1.165, 1.54) is 0 Å². The lowest BCUT2D eigenvalue weighted by molar-refractivity contribution is -0.159. The number of hydrogen-bond acceptors (Lipinski definition) is 5. The molecule has 0 unspecified atom stereocenters. The lowest BCUT2D eigenvalue weighted by atomic mass is 10.7. The minimum atomic E-state index is -1.67. The average Bonchev–Trinajstić information content (AvgIpc) is 1.83. The quantitative estimate of drug-likeness (QED) is 0.303. The van der Waals surface area contributed by atoms with Crippen molar-refractivity contribution in [2.45, 2.75) is 6.29 Å². The van der Waals surface area contributed by atoms with Gasteiger partial charge in [-0.25, -0.2) is 4.79 Å². The van der Waals surface area contributed by atoms with Gasteiger partial charge in [0.1, 0.15) is 13.2 Å². The summed E-state index contributed by atoms with van der Waals surface area (Å²) < 4.78 is 4.06. The molecule has 9 heavy (non-hydrogen) atoms. The maximum absolute atomic E-state index is 10.0. The highest BCUT2D eigenvalue weighted by Gasteiger charge is 2.02.